The van der Waals surface area contributed by atoms with Gasteiger partial charge >= 0.3 is 0 Å². The number of hydrogen-bond acceptors (Lipinski definition) is 5. The number of ether oxygens (including phenoxy) is 1. The summed E-state index contributed by atoms with van der Waals surface area (Å²) in [6.45, 7) is 3.92. The molecule has 1 atom stereocenters. The molecule has 1 aliphatic rings. The number of aryl methyl sites for hydroxylation is 3. The fraction of sp³-hybridized carbons (Fsp3) is 0.348. The van der Waals surface area contributed by atoms with Gasteiger partial charge in [-0.15, -0.1) is 0 Å². The number of nitrogens with one attached hydrogen (secondary N) is 1. The van der Waals surface area contributed by atoms with Crippen LogP contribution in [-0.2, 0) is 24.2 Å². The highest BCUT2D eigenvalue weighted by Crippen LogP contribution is 2.26. The molecule has 0 unspecified atom stereocenters. The van der Waals surface area contributed by atoms with Gasteiger partial charge in [0.25, 0.3) is 5.91 Å². The number of hydrogen-bond donors (Lipinski definition) is 1. The molecule has 0 fully saturated rings. The van der Waals surface area contributed by atoms with Crippen LogP contribution in [0.15, 0.2) is 47.0 Å². The Morgan fingerprint density at radius 2 is 1.90 bits per heavy atom. The molecule has 1 aliphatic carbocycles. The Bertz CT molecular complexity index is 995. The molecular weight excluding hydrogens is 366 g/mol. The van der Waals surface area contributed by atoms with Crippen LogP contribution < -0.4 is 10.1 Å². The second kappa shape index (κ2) is 8.47. The third kappa shape index (κ3) is 4.65. The van der Waals surface area contributed by atoms with Crippen LogP contribution in [-0.4, -0.2) is 22.2 Å². The maximum absolute atomic E-state index is 12.4. The maximum atomic E-state index is 12.4. The van der Waals surface area contributed by atoms with E-state index in [9.17, 15) is 4.79 Å². The smallest absolute Gasteiger partial charge is 0.261 e. The van der Waals surface area contributed by atoms with Gasteiger partial charge in [-0.1, -0.05) is 41.1 Å². The first-order valence-electron chi connectivity index (χ1n) is 10.0. The summed E-state index contributed by atoms with van der Waals surface area (Å²) >= 11 is 0. The Balaban J connectivity index is 1.32. The third-order valence-electron chi connectivity index (χ3n) is 5.19. The van der Waals surface area contributed by atoms with E-state index < -0.39 is 6.10 Å². The van der Waals surface area contributed by atoms with Crippen LogP contribution in [0, 0.1) is 6.92 Å². The van der Waals surface area contributed by atoms with E-state index in [-0.39, 0.29) is 12.5 Å². The third-order valence-corrected chi connectivity index (χ3v) is 5.19. The highest BCUT2D eigenvalue weighted by Gasteiger charge is 2.17. The monoisotopic (exact) mass is 391 g/mol. The number of rotatable bonds is 6. The molecule has 1 N–H and O–H groups in total. The normalized spacial score (nSPS) is 14.1. The van der Waals surface area contributed by atoms with Crippen molar-refractivity contribution in [3.8, 4) is 17.1 Å². The van der Waals surface area contributed by atoms with Gasteiger partial charge in [0.05, 0.1) is 6.54 Å². The molecule has 0 bridgehead atoms. The standard InChI is InChI=1S/C23H25N3O3/c1-15-7-9-18(10-8-15)22-25-21(29-26-22)14-24-23(27)16(2)28-20-12-11-17-5-3-4-6-19(17)13-20/h7-13,16H,3-6,14H2,1-2H3,(H,24,27)/t16-/m0/s1. The minimum Gasteiger partial charge on any atom is -0.481 e. The van der Waals surface area contributed by atoms with Gasteiger partial charge < -0.3 is 14.6 Å². The van der Waals surface area contributed by atoms with E-state index in [0.29, 0.717) is 11.7 Å². The van der Waals surface area contributed by atoms with Crippen molar-refractivity contribution in [1.82, 2.24) is 15.5 Å². The van der Waals surface area contributed by atoms with Crippen molar-refractivity contribution in [3.63, 3.8) is 0 Å². The summed E-state index contributed by atoms with van der Waals surface area (Å²) in [5, 5.41) is 6.77. The molecule has 4 rings (SSSR count). The molecule has 1 amide bonds. The average molecular weight is 391 g/mol. The summed E-state index contributed by atoms with van der Waals surface area (Å²) in [7, 11) is 0. The van der Waals surface area contributed by atoms with E-state index in [2.05, 4.69) is 27.6 Å². The molecule has 2 aromatic carbocycles. The van der Waals surface area contributed by atoms with E-state index in [0.717, 1.165) is 29.7 Å². The molecule has 0 saturated carbocycles. The van der Waals surface area contributed by atoms with Gasteiger partial charge in [-0.25, -0.2) is 0 Å². The average Bonchev–Trinajstić information content (AvgIpc) is 3.21. The van der Waals surface area contributed by atoms with Crippen LogP contribution in [0.1, 0.15) is 42.3 Å². The lowest BCUT2D eigenvalue weighted by Crippen LogP contribution is -2.36. The zero-order valence-electron chi connectivity index (χ0n) is 16.8. The quantitative estimate of drug-likeness (QED) is 0.687. The number of carbonyl (C=O) groups is 1. The first-order valence-corrected chi connectivity index (χ1v) is 10.0. The van der Waals surface area contributed by atoms with Gasteiger partial charge in [0, 0.05) is 5.56 Å². The van der Waals surface area contributed by atoms with E-state index >= 15 is 0 Å². The van der Waals surface area contributed by atoms with Crippen LogP contribution in [0.2, 0.25) is 0 Å². The molecular formula is C23H25N3O3. The van der Waals surface area contributed by atoms with Crippen molar-refractivity contribution in [2.45, 2.75) is 52.2 Å². The Hall–Kier alpha value is -3.15. The fourth-order valence-corrected chi connectivity index (χ4v) is 3.49. The molecule has 1 aromatic heterocycles. The predicted octanol–water partition coefficient (Wildman–Crippen LogP) is 4.01. The first kappa shape index (κ1) is 19.2. The van der Waals surface area contributed by atoms with Gasteiger partial charge in [-0.2, -0.15) is 4.98 Å². The minimum atomic E-state index is -0.615. The van der Waals surface area contributed by atoms with Crippen molar-refractivity contribution in [1.29, 1.82) is 0 Å². The second-order valence-corrected chi connectivity index (χ2v) is 7.49. The zero-order valence-corrected chi connectivity index (χ0v) is 16.8. The highest BCUT2D eigenvalue weighted by atomic mass is 16.5. The van der Waals surface area contributed by atoms with Crippen molar-refractivity contribution in [2.24, 2.45) is 0 Å². The van der Waals surface area contributed by atoms with Crippen LogP contribution in [0.4, 0.5) is 0 Å². The summed E-state index contributed by atoms with van der Waals surface area (Å²) in [4.78, 5) is 16.7. The molecule has 29 heavy (non-hydrogen) atoms. The molecule has 1 heterocycles. The van der Waals surface area contributed by atoms with E-state index in [1.54, 1.807) is 6.92 Å². The van der Waals surface area contributed by atoms with Crippen molar-refractivity contribution >= 4 is 5.91 Å². The van der Waals surface area contributed by atoms with E-state index in [1.807, 2.05) is 37.3 Å². The predicted molar refractivity (Wildman–Crippen MR) is 109 cm³/mol. The molecule has 0 aliphatic heterocycles. The van der Waals surface area contributed by atoms with Crippen molar-refractivity contribution in [3.05, 3.63) is 65.0 Å². The lowest BCUT2D eigenvalue weighted by atomic mass is 9.92. The summed E-state index contributed by atoms with van der Waals surface area (Å²) in [5.74, 6) is 1.37. The number of benzene rings is 2. The van der Waals surface area contributed by atoms with Crippen molar-refractivity contribution in [2.75, 3.05) is 0 Å². The molecule has 150 valence electrons. The Morgan fingerprint density at radius 1 is 1.14 bits per heavy atom. The lowest BCUT2D eigenvalue weighted by Gasteiger charge is -2.19. The molecule has 3 aromatic rings. The number of fused-ring (bicyclic) bond motifs is 1. The topological polar surface area (TPSA) is 77.2 Å². The summed E-state index contributed by atoms with van der Waals surface area (Å²) < 4.78 is 11.1. The summed E-state index contributed by atoms with van der Waals surface area (Å²) in [6, 6.07) is 14.0. The number of carbonyl (C=O) groups excluding carboxylic acids is 1. The van der Waals surface area contributed by atoms with Crippen LogP contribution in [0.3, 0.4) is 0 Å². The number of nitrogens with zero attached hydrogens (tertiary/aromatic N) is 2. The van der Waals surface area contributed by atoms with Gasteiger partial charge in [0.1, 0.15) is 5.75 Å². The van der Waals surface area contributed by atoms with Gasteiger partial charge in [-0.3, -0.25) is 4.79 Å². The molecule has 6 heteroatoms. The number of amides is 1. The SMILES string of the molecule is Cc1ccc(-c2noc(CNC(=O)[C@H](C)Oc3ccc4c(c3)CCCC4)n2)cc1. The van der Waals surface area contributed by atoms with Crippen LogP contribution >= 0.6 is 0 Å². The van der Waals surface area contributed by atoms with Gasteiger partial charge in [-0.05, 0) is 62.8 Å². The number of aromatic nitrogens is 2. The second-order valence-electron chi connectivity index (χ2n) is 7.49. The zero-order chi connectivity index (χ0) is 20.2. The van der Waals surface area contributed by atoms with Crippen molar-refractivity contribution < 1.29 is 14.1 Å². The van der Waals surface area contributed by atoms with Crippen LogP contribution in [0.5, 0.6) is 5.75 Å². The Labute approximate surface area is 170 Å². The minimum absolute atomic E-state index is 0.162. The van der Waals surface area contributed by atoms with Gasteiger partial charge in [0.2, 0.25) is 11.7 Å². The molecule has 0 radical (unpaired) electrons. The van der Waals surface area contributed by atoms with E-state index in [4.69, 9.17) is 9.26 Å². The van der Waals surface area contributed by atoms with Crippen LogP contribution in [0.25, 0.3) is 11.4 Å². The Morgan fingerprint density at radius 3 is 2.69 bits per heavy atom. The first-order chi connectivity index (χ1) is 14.1. The van der Waals surface area contributed by atoms with Gasteiger partial charge in [0.15, 0.2) is 6.10 Å². The summed E-state index contributed by atoms with van der Waals surface area (Å²) in [5.41, 5.74) is 4.76. The largest absolute Gasteiger partial charge is 0.481 e. The highest BCUT2D eigenvalue weighted by molar-refractivity contribution is 5.80. The lowest BCUT2D eigenvalue weighted by molar-refractivity contribution is -0.127. The fourth-order valence-electron chi connectivity index (χ4n) is 3.49. The van der Waals surface area contributed by atoms with E-state index in [1.165, 1.54) is 24.0 Å². The Kier molecular flexibility index (Phi) is 5.60. The molecule has 0 saturated heterocycles. The summed E-state index contributed by atoms with van der Waals surface area (Å²) in [6.07, 6.45) is 4.04. The molecule has 6 nitrogen and oxygen atoms in total. The molecule has 0 spiro atoms. The maximum Gasteiger partial charge on any atom is 0.261 e.